The number of carbonyl (C=O) groups excluding carboxylic acids is 1. The van der Waals surface area contributed by atoms with Crippen LogP contribution in [-0.2, 0) is 4.79 Å². The molecule has 0 aliphatic carbocycles. The Kier molecular flexibility index (Phi) is 3.59. The van der Waals surface area contributed by atoms with Gasteiger partial charge in [0.05, 0.1) is 12.1 Å². The van der Waals surface area contributed by atoms with Crippen molar-refractivity contribution in [2.45, 2.75) is 38.3 Å². The molecule has 0 saturated carbocycles. The van der Waals surface area contributed by atoms with Crippen LogP contribution in [0.25, 0.3) is 0 Å². The Morgan fingerprint density at radius 3 is 2.77 bits per heavy atom. The minimum Gasteiger partial charge on any atom is -0.347 e. The van der Waals surface area contributed by atoms with Gasteiger partial charge in [0.2, 0.25) is 5.91 Å². The van der Waals surface area contributed by atoms with E-state index < -0.39 is 12.5 Å². The Hall–Kier alpha value is -0.710. The summed E-state index contributed by atoms with van der Waals surface area (Å²) >= 11 is 0. The van der Waals surface area contributed by atoms with Crippen LogP contribution in [0.15, 0.2) is 0 Å². The highest BCUT2D eigenvalue weighted by atomic mass is 19.3. The molecule has 3 nitrogen and oxygen atoms in total. The molecule has 13 heavy (non-hydrogen) atoms. The van der Waals surface area contributed by atoms with E-state index in [2.05, 4.69) is 10.6 Å². The fourth-order valence-electron chi connectivity index (χ4n) is 1.30. The van der Waals surface area contributed by atoms with E-state index in [0.717, 1.165) is 19.4 Å². The van der Waals surface area contributed by atoms with E-state index in [4.69, 9.17) is 0 Å². The van der Waals surface area contributed by atoms with Gasteiger partial charge in [-0.3, -0.25) is 4.79 Å². The Morgan fingerprint density at radius 1 is 1.62 bits per heavy atom. The summed E-state index contributed by atoms with van der Waals surface area (Å²) in [5, 5.41) is 5.21. The average Bonchev–Trinajstić information content (AvgIpc) is 2.55. The summed E-state index contributed by atoms with van der Waals surface area (Å²) in [7, 11) is 0. The van der Waals surface area contributed by atoms with Crippen LogP contribution in [0.4, 0.5) is 8.78 Å². The molecular weight excluding hydrogens is 178 g/mol. The van der Waals surface area contributed by atoms with Gasteiger partial charge in [0.25, 0.3) is 6.43 Å². The zero-order valence-corrected chi connectivity index (χ0v) is 7.52. The van der Waals surface area contributed by atoms with Crippen molar-refractivity contribution in [3.8, 4) is 0 Å². The molecule has 76 valence electrons. The van der Waals surface area contributed by atoms with Crippen LogP contribution in [0.1, 0.15) is 19.8 Å². The van der Waals surface area contributed by atoms with Crippen molar-refractivity contribution < 1.29 is 13.6 Å². The van der Waals surface area contributed by atoms with Crippen molar-refractivity contribution in [3.05, 3.63) is 0 Å². The number of carbonyl (C=O) groups is 1. The molecule has 2 atom stereocenters. The van der Waals surface area contributed by atoms with Crippen molar-refractivity contribution in [2.75, 3.05) is 6.54 Å². The third-order valence-corrected chi connectivity index (χ3v) is 2.12. The van der Waals surface area contributed by atoms with Gasteiger partial charge in [0.15, 0.2) is 0 Å². The summed E-state index contributed by atoms with van der Waals surface area (Å²) in [6.45, 7) is 2.10. The van der Waals surface area contributed by atoms with Gasteiger partial charge >= 0.3 is 0 Å². The maximum atomic E-state index is 12.0. The Balaban J connectivity index is 2.31. The molecule has 0 bridgehead atoms. The van der Waals surface area contributed by atoms with Crippen LogP contribution in [0, 0.1) is 0 Å². The lowest BCUT2D eigenvalue weighted by molar-refractivity contribution is -0.124. The second-order valence-corrected chi connectivity index (χ2v) is 3.28. The summed E-state index contributed by atoms with van der Waals surface area (Å²) in [4.78, 5) is 11.3. The maximum Gasteiger partial charge on any atom is 0.258 e. The molecule has 2 N–H and O–H groups in total. The third-order valence-electron chi connectivity index (χ3n) is 2.12. The fraction of sp³-hybridized carbons (Fsp3) is 0.875. The normalized spacial score (nSPS) is 24.8. The first-order valence-electron chi connectivity index (χ1n) is 4.43. The van der Waals surface area contributed by atoms with Crippen molar-refractivity contribution in [1.82, 2.24) is 10.6 Å². The van der Waals surface area contributed by atoms with E-state index in [-0.39, 0.29) is 11.9 Å². The molecule has 0 aromatic rings. The topological polar surface area (TPSA) is 41.1 Å². The van der Waals surface area contributed by atoms with E-state index in [9.17, 15) is 13.6 Å². The van der Waals surface area contributed by atoms with Crippen LogP contribution in [0.3, 0.4) is 0 Å². The van der Waals surface area contributed by atoms with Crippen LogP contribution in [0.2, 0.25) is 0 Å². The monoisotopic (exact) mass is 192 g/mol. The highest BCUT2D eigenvalue weighted by Gasteiger charge is 2.25. The number of alkyl halides is 2. The Labute approximate surface area is 75.9 Å². The van der Waals surface area contributed by atoms with E-state index in [1.807, 2.05) is 0 Å². The number of hydrogen-bond acceptors (Lipinski definition) is 2. The Morgan fingerprint density at radius 2 is 2.31 bits per heavy atom. The van der Waals surface area contributed by atoms with E-state index in [0.29, 0.717) is 0 Å². The van der Waals surface area contributed by atoms with Gasteiger partial charge in [0, 0.05) is 0 Å². The molecule has 1 amide bonds. The van der Waals surface area contributed by atoms with Crippen LogP contribution in [0.5, 0.6) is 0 Å². The largest absolute Gasteiger partial charge is 0.347 e. The van der Waals surface area contributed by atoms with Gasteiger partial charge in [-0.25, -0.2) is 8.78 Å². The minimum absolute atomic E-state index is 0.277. The van der Waals surface area contributed by atoms with Gasteiger partial charge < -0.3 is 10.6 Å². The summed E-state index contributed by atoms with van der Waals surface area (Å²) in [5.74, 6) is -0.315. The second kappa shape index (κ2) is 4.50. The van der Waals surface area contributed by atoms with Crippen molar-refractivity contribution in [1.29, 1.82) is 0 Å². The molecule has 2 unspecified atom stereocenters. The Bertz CT molecular complexity index is 181. The third kappa shape index (κ3) is 2.91. The molecule has 0 spiro atoms. The lowest BCUT2D eigenvalue weighted by Crippen LogP contribution is -2.46. The minimum atomic E-state index is -2.50. The van der Waals surface area contributed by atoms with Crippen molar-refractivity contribution >= 4 is 5.91 Å². The highest BCUT2D eigenvalue weighted by molar-refractivity contribution is 5.82. The second-order valence-electron chi connectivity index (χ2n) is 3.28. The lowest BCUT2D eigenvalue weighted by atomic mass is 10.2. The van der Waals surface area contributed by atoms with Gasteiger partial charge in [-0.2, -0.15) is 0 Å². The smallest absolute Gasteiger partial charge is 0.258 e. The van der Waals surface area contributed by atoms with Gasteiger partial charge in [-0.1, -0.05) is 0 Å². The van der Waals surface area contributed by atoms with Gasteiger partial charge in [-0.15, -0.1) is 0 Å². The van der Waals surface area contributed by atoms with E-state index >= 15 is 0 Å². The van der Waals surface area contributed by atoms with Gasteiger partial charge in [-0.05, 0) is 26.3 Å². The van der Waals surface area contributed by atoms with Crippen molar-refractivity contribution in [3.63, 3.8) is 0 Å². The molecule has 5 heteroatoms. The summed E-state index contributed by atoms with van der Waals surface area (Å²) in [6.07, 6.45) is -0.825. The molecule has 1 heterocycles. The molecular formula is C8H14F2N2O. The number of amides is 1. The van der Waals surface area contributed by atoms with Crippen LogP contribution in [-0.4, -0.2) is 31.0 Å². The first-order chi connectivity index (χ1) is 6.11. The number of rotatable bonds is 3. The zero-order valence-electron chi connectivity index (χ0n) is 7.52. The standard InChI is InChI=1S/C8H14F2N2O/c1-5(7(9)10)12-8(13)6-3-2-4-11-6/h5-7,11H,2-4H2,1H3,(H,12,13). The van der Waals surface area contributed by atoms with Crippen LogP contribution < -0.4 is 10.6 Å². The quantitative estimate of drug-likeness (QED) is 0.684. The zero-order chi connectivity index (χ0) is 9.84. The average molecular weight is 192 g/mol. The molecule has 0 aromatic carbocycles. The first kappa shape index (κ1) is 10.4. The van der Waals surface area contributed by atoms with Crippen LogP contribution >= 0.6 is 0 Å². The molecule has 1 saturated heterocycles. The fourth-order valence-corrected chi connectivity index (χ4v) is 1.30. The highest BCUT2D eigenvalue weighted by Crippen LogP contribution is 2.06. The molecule has 1 rings (SSSR count). The van der Waals surface area contributed by atoms with Gasteiger partial charge in [0.1, 0.15) is 0 Å². The molecule has 1 aliphatic rings. The summed E-state index contributed by atoms with van der Waals surface area (Å²) < 4.78 is 24.1. The molecule has 1 aliphatic heterocycles. The summed E-state index contributed by atoms with van der Waals surface area (Å²) in [5.41, 5.74) is 0. The maximum absolute atomic E-state index is 12.0. The molecule has 0 radical (unpaired) electrons. The number of nitrogens with one attached hydrogen (secondary N) is 2. The SMILES string of the molecule is CC(NC(=O)C1CCCN1)C(F)F. The lowest BCUT2D eigenvalue weighted by Gasteiger charge is -2.16. The predicted molar refractivity (Wildman–Crippen MR) is 44.6 cm³/mol. The first-order valence-corrected chi connectivity index (χ1v) is 4.43. The van der Waals surface area contributed by atoms with E-state index in [1.54, 1.807) is 0 Å². The predicted octanol–water partition coefficient (Wildman–Crippen LogP) is 0.508. The van der Waals surface area contributed by atoms with E-state index in [1.165, 1.54) is 6.92 Å². The number of halogens is 2. The molecule has 1 fully saturated rings. The number of hydrogen-bond donors (Lipinski definition) is 2. The molecule has 0 aromatic heterocycles. The van der Waals surface area contributed by atoms with Crippen molar-refractivity contribution in [2.24, 2.45) is 0 Å². The summed E-state index contributed by atoms with van der Waals surface area (Å²) in [6, 6.07) is -1.34.